The zero-order valence-corrected chi connectivity index (χ0v) is 13.4. The molecule has 3 heterocycles. The highest BCUT2D eigenvalue weighted by atomic mass is 16.1. The summed E-state index contributed by atoms with van der Waals surface area (Å²) in [5, 5.41) is 5.13. The maximum Gasteiger partial charge on any atom is 0.249 e. The van der Waals surface area contributed by atoms with E-state index in [1.807, 2.05) is 41.3 Å². The number of rotatable bonds is 5. The van der Waals surface area contributed by atoms with Crippen molar-refractivity contribution < 1.29 is 4.79 Å². The third kappa shape index (κ3) is 2.76. The predicted octanol–water partition coefficient (Wildman–Crippen LogP) is 2.16. The van der Waals surface area contributed by atoms with Gasteiger partial charge >= 0.3 is 0 Å². The summed E-state index contributed by atoms with van der Waals surface area (Å²) in [6.07, 6.45) is 7.58. The Balaban J connectivity index is 1.85. The highest BCUT2D eigenvalue weighted by Crippen LogP contribution is 2.30. The minimum absolute atomic E-state index is 0.448. The summed E-state index contributed by atoms with van der Waals surface area (Å²) in [7, 11) is 0. The largest absolute Gasteiger partial charge is 0.366 e. The van der Waals surface area contributed by atoms with Gasteiger partial charge in [0.2, 0.25) is 5.91 Å². The molecule has 0 saturated heterocycles. The molecule has 0 atom stereocenters. The molecule has 0 saturated carbocycles. The van der Waals surface area contributed by atoms with Gasteiger partial charge in [0.05, 0.1) is 5.69 Å². The molecule has 3 N–H and O–H groups in total. The SMILES string of the molecule is NC(=O)c1cccc(-c2ncnc3[nH]ccc23)c1CCn1cccn1. The molecule has 0 spiro atoms. The summed E-state index contributed by atoms with van der Waals surface area (Å²) in [6, 6.07) is 9.33. The molecule has 0 fully saturated rings. The summed E-state index contributed by atoms with van der Waals surface area (Å²) >= 11 is 0. The van der Waals surface area contributed by atoms with Gasteiger partial charge in [0, 0.05) is 41.6 Å². The normalized spacial score (nSPS) is 11.0. The third-order valence-corrected chi connectivity index (χ3v) is 4.20. The van der Waals surface area contributed by atoms with Crippen LogP contribution in [0.5, 0.6) is 0 Å². The van der Waals surface area contributed by atoms with E-state index in [0.717, 1.165) is 27.9 Å². The number of primary amides is 1. The minimum Gasteiger partial charge on any atom is -0.366 e. The van der Waals surface area contributed by atoms with Crippen molar-refractivity contribution in [1.82, 2.24) is 24.7 Å². The first-order valence-corrected chi connectivity index (χ1v) is 7.91. The second-order valence-electron chi connectivity index (χ2n) is 5.68. The average Bonchev–Trinajstić information content (AvgIpc) is 3.30. The molecule has 4 rings (SSSR count). The maximum atomic E-state index is 11.9. The molecule has 7 nitrogen and oxygen atoms in total. The fourth-order valence-electron chi connectivity index (χ4n) is 3.05. The van der Waals surface area contributed by atoms with E-state index in [2.05, 4.69) is 20.1 Å². The second-order valence-corrected chi connectivity index (χ2v) is 5.68. The minimum atomic E-state index is -0.448. The molecular formula is C18H16N6O. The van der Waals surface area contributed by atoms with Crippen LogP contribution in [-0.4, -0.2) is 30.6 Å². The Bertz CT molecular complexity index is 1030. The molecule has 0 bridgehead atoms. The van der Waals surface area contributed by atoms with E-state index in [1.165, 1.54) is 6.33 Å². The van der Waals surface area contributed by atoms with Gasteiger partial charge in [-0.1, -0.05) is 12.1 Å². The van der Waals surface area contributed by atoms with E-state index >= 15 is 0 Å². The third-order valence-electron chi connectivity index (χ3n) is 4.20. The molecule has 0 aliphatic rings. The number of aromatic amines is 1. The van der Waals surface area contributed by atoms with Crippen molar-refractivity contribution in [3.63, 3.8) is 0 Å². The van der Waals surface area contributed by atoms with Gasteiger partial charge in [-0.25, -0.2) is 9.97 Å². The van der Waals surface area contributed by atoms with Crippen LogP contribution < -0.4 is 5.73 Å². The summed E-state index contributed by atoms with van der Waals surface area (Å²) in [5.41, 5.74) is 9.40. The van der Waals surface area contributed by atoms with E-state index in [-0.39, 0.29) is 0 Å². The van der Waals surface area contributed by atoms with E-state index in [0.29, 0.717) is 18.5 Å². The van der Waals surface area contributed by atoms with Crippen LogP contribution >= 0.6 is 0 Å². The Morgan fingerprint density at radius 3 is 2.92 bits per heavy atom. The van der Waals surface area contributed by atoms with Crippen LogP contribution in [0.25, 0.3) is 22.3 Å². The highest BCUT2D eigenvalue weighted by molar-refractivity contribution is 5.98. The number of hydrogen-bond acceptors (Lipinski definition) is 4. The number of nitrogens with two attached hydrogens (primary N) is 1. The molecule has 0 aliphatic heterocycles. The Morgan fingerprint density at radius 1 is 1.20 bits per heavy atom. The fraction of sp³-hybridized carbons (Fsp3) is 0.111. The van der Waals surface area contributed by atoms with Gasteiger partial charge in [-0.3, -0.25) is 9.48 Å². The first-order valence-electron chi connectivity index (χ1n) is 7.91. The number of fused-ring (bicyclic) bond motifs is 1. The molecule has 3 aromatic heterocycles. The van der Waals surface area contributed by atoms with Crippen LogP contribution in [0.2, 0.25) is 0 Å². The van der Waals surface area contributed by atoms with Crippen LogP contribution in [0.1, 0.15) is 15.9 Å². The summed E-state index contributed by atoms with van der Waals surface area (Å²) in [6.45, 7) is 0.645. The van der Waals surface area contributed by atoms with Gasteiger partial charge < -0.3 is 10.7 Å². The number of aromatic nitrogens is 5. The van der Waals surface area contributed by atoms with Gasteiger partial charge in [-0.05, 0) is 30.2 Å². The quantitative estimate of drug-likeness (QED) is 0.584. The highest BCUT2D eigenvalue weighted by Gasteiger charge is 2.17. The second kappa shape index (κ2) is 6.20. The van der Waals surface area contributed by atoms with Gasteiger partial charge in [0.25, 0.3) is 0 Å². The summed E-state index contributed by atoms with van der Waals surface area (Å²) < 4.78 is 1.83. The number of H-pyrrole nitrogens is 1. The van der Waals surface area contributed by atoms with Crippen LogP contribution in [0.15, 0.2) is 55.2 Å². The predicted molar refractivity (Wildman–Crippen MR) is 93.8 cm³/mol. The Morgan fingerprint density at radius 2 is 2.12 bits per heavy atom. The van der Waals surface area contributed by atoms with Crippen molar-refractivity contribution in [2.24, 2.45) is 5.73 Å². The Kier molecular flexibility index (Phi) is 3.74. The molecule has 1 aromatic carbocycles. The smallest absolute Gasteiger partial charge is 0.249 e. The van der Waals surface area contributed by atoms with Crippen molar-refractivity contribution in [1.29, 1.82) is 0 Å². The number of hydrogen-bond donors (Lipinski definition) is 2. The lowest BCUT2D eigenvalue weighted by Gasteiger charge is -2.13. The lowest BCUT2D eigenvalue weighted by molar-refractivity contribution is 0.0999. The van der Waals surface area contributed by atoms with Gasteiger partial charge in [0.15, 0.2) is 0 Å². The number of carbonyl (C=O) groups is 1. The average molecular weight is 332 g/mol. The van der Waals surface area contributed by atoms with Crippen molar-refractivity contribution in [3.05, 3.63) is 66.4 Å². The van der Waals surface area contributed by atoms with E-state index in [9.17, 15) is 4.79 Å². The molecule has 1 amide bonds. The number of nitrogens with one attached hydrogen (secondary N) is 1. The zero-order chi connectivity index (χ0) is 17.2. The van der Waals surface area contributed by atoms with E-state index in [4.69, 9.17) is 5.73 Å². The van der Waals surface area contributed by atoms with Crippen LogP contribution in [0.3, 0.4) is 0 Å². The number of nitrogens with zero attached hydrogens (tertiary/aromatic N) is 4. The van der Waals surface area contributed by atoms with Crippen molar-refractivity contribution in [2.45, 2.75) is 13.0 Å². The molecule has 4 aromatic rings. The fourth-order valence-corrected chi connectivity index (χ4v) is 3.05. The Labute approximate surface area is 143 Å². The van der Waals surface area contributed by atoms with E-state index < -0.39 is 5.91 Å². The molecule has 124 valence electrons. The first kappa shape index (κ1) is 15.1. The molecule has 0 radical (unpaired) electrons. The van der Waals surface area contributed by atoms with Gasteiger partial charge in [-0.15, -0.1) is 0 Å². The maximum absolute atomic E-state index is 11.9. The van der Waals surface area contributed by atoms with Gasteiger partial charge in [0.1, 0.15) is 12.0 Å². The van der Waals surface area contributed by atoms with Crippen molar-refractivity contribution in [2.75, 3.05) is 0 Å². The Hall–Kier alpha value is -3.48. The molecule has 25 heavy (non-hydrogen) atoms. The topological polar surface area (TPSA) is 102 Å². The van der Waals surface area contributed by atoms with Crippen LogP contribution in [0.4, 0.5) is 0 Å². The molecule has 0 aliphatic carbocycles. The van der Waals surface area contributed by atoms with Crippen LogP contribution in [0, 0.1) is 0 Å². The molecular weight excluding hydrogens is 316 g/mol. The first-order chi connectivity index (χ1) is 12.2. The lowest BCUT2D eigenvalue weighted by Crippen LogP contribution is -2.16. The standard InChI is InChI=1S/C18H16N6O/c19-17(25)14-4-1-3-13(12(14)6-10-24-9-2-7-23-24)16-15-5-8-20-18(15)22-11-21-16/h1-5,7-9,11H,6,10H2,(H2,19,25)(H,20,21,22). The van der Waals surface area contributed by atoms with E-state index in [1.54, 1.807) is 12.3 Å². The van der Waals surface area contributed by atoms with Crippen molar-refractivity contribution in [3.8, 4) is 11.3 Å². The number of amides is 1. The lowest BCUT2D eigenvalue weighted by atomic mass is 9.94. The summed E-state index contributed by atoms with van der Waals surface area (Å²) in [5.74, 6) is -0.448. The van der Waals surface area contributed by atoms with Crippen molar-refractivity contribution >= 4 is 16.9 Å². The monoisotopic (exact) mass is 332 g/mol. The summed E-state index contributed by atoms with van der Waals surface area (Å²) in [4.78, 5) is 23.7. The molecule has 7 heteroatoms. The number of carbonyl (C=O) groups excluding carboxylic acids is 1. The van der Waals surface area contributed by atoms with Crippen LogP contribution in [-0.2, 0) is 13.0 Å². The van der Waals surface area contributed by atoms with Gasteiger partial charge in [-0.2, -0.15) is 5.10 Å². The molecule has 0 unspecified atom stereocenters. The zero-order valence-electron chi connectivity index (χ0n) is 13.4. The number of benzene rings is 1. The number of aryl methyl sites for hydroxylation is 1.